The number of oxime groups is 1. The number of aromatic nitrogens is 1. The van der Waals surface area contributed by atoms with Crippen molar-refractivity contribution in [2.45, 2.75) is 13.3 Å². The van der Waals surface area contributed by atoms with Crippen LogP contribution in [0.15, 0.2) is 47.8 Å². The largest absolute Gasteiger partial charge is 0.490 e. The van der Waals surface area contributed by atoms with Gasteiger partial charge in [0.15, 0.2) is 17.3 Å². The highest BCUT2D eigenvalue weighted by Crippen LogP contribution is 2.30. The summed E-state index contributed by atoms with van der Waals surface area (Å²) in [7, 11) is 0. The predicted molar refractivity (Wildman–Crippen MR) is 79.0 cm³/mol. The Balaban J connectivity index is 2.22. The van der Waals surface area contributed by atoms with Crippen LogP contribution in [0.5, 0.6) is 17.4 Å². The Labute approximate surface area is 122 Å². The van der Waals surface area contributed by atoms with Crippen molar-refractivity contribution in [1.82, 2.24) is 4.98 Å². The summed E-state index contributed by atoms with van der Waals surface area (Å²) in [5.74, 6) is 1.55. The molecule has 2 rings (SSSR count). The van der Waals surface area contributed by atoms with E-state index in [1.54, 1.807) is 18.2 Å². The molecule has 1 heterocycles. The first-order valence-corrected chi connectivity index (χ1v) is 6.58. The molecule has 0 saturated heterocycles. The number of ether oxygens (including phenoxy) is 2. The number of benzene rings is 1. The molecular formula is C15H17N3O3. The molecule has 3 N–H and O–H groups in total. The summed E-state index contributed by atoms with van der Waals surface area (Å²) in [4.78, 5) is 4.10. The lowest BCUT2D eigenvalue weighted by atomic mass is 10.2. The third-order valence-electron chi connectivity index (χ3n) is 2.66. The maximum Gasteiger partial charge on any atom is 0.220 e. The van der Waals surface area contributed by atoms with Crippen molar-refractivity contribution >= 4 is 5.84 Å². The molecule has 0 spiro atoms. The number of pyridine rings is 1. The van der Waals surface area contributed by atoms with Crippen molar-refractivity contribution < 1.29 is 14.7 Å². The normalized spacial score (nSPS) is 11.2. The number of hydrogen-bond acceptors (Lipinski definition) is 5. The monoisotopic (exact) mass is 287 g/mol. The first kappa shape index (κ1) is 14.6. The molecule has 0 radical (unpaired) electrons. The van der Waals surface area contributed by atoms with Crippen LogP contribution in [0.4, 0.5) is 0 Å². The fraction of sp³-hybridized carbons (Fsp3) is 0.200. The standard InChI is InChI=1S/C15H17N3O3/c1-2-9-20-12-5-3-4-6-13(12)21-14-10-11(7-8-17-14)15(16)18-19/h3-8,10,19H,2,9H2,1H3,(H2,16,18). The quantitative estimate of drug-likeness (QED) is 0.369. The molecule has 0 fully saturated rings. The summed E-state index contributed by atoms with van der Waals surface area (Å²) >= 11 is 0. The van der Waals surface area contributed by atoms with Gasteiger partial charge in [0.1, 0.15) is 0 Å². The second kappa shape index (κ2) is 7.14. The molecule has 21 heavy (non-hydrogen) atoms. The predicted octanol–water partition coefficient (Wildman–Crippen LogP) is 2.76. The van der Waals surface area contributed by atoms with Gasteiger partial charge in [-0.3, -0.25) is 0 Å². The van der Waals surface area contributed by atoms with Gasteiger partial charge in [0, 0.05) is 17.8 Å². The number of amidine groups is 1. The molecule has 6 nitrogen and oxygen atoms in total. The number of para-hydroxylation sites is 2. The van der Waals surface area contributed by atoms with E-state index in [1.165, 1.54) is 6.20 Å². The summed E-state index contributed by atoms with van der Waals surface area (Å²) in [5.41, 5.74) is 6.07. The van der Waals surface area contributed by atoms with Crippen molar-refractivity contribution in [3.63, 3.8) is 0 Å². The minimum Gasteiger partial charge on any atom is -0.490 e. The molecule has 2 aromatic rings. The smallest absolute Gasteiger partial charge is 0.220 e. The SMILES string of the molecule is CCCOc1ccccc1Oc1cc(/C(N)=N/O)ccn1. The van der Waals surface area contributed by atoms with Crippen LogP contribution in [0.25, 0.3) is 0 Å². The van der Waals surface area contributed by atoms with Gasteiger partial charge >= 0.3 is 0 Å². The van der Waals surface area contributed by atoms with E-state index in [-0.39, 0.29) is 5.84 Å². The van der Waals surface area contributed by atoms with Gasteiger partial charge in [-0.05, 0) is 24.6 Å². The molecule has 0 aliphatic carbocycles. The molecular weight excluding hydrogens is 270 g/mol. The van der Waals surface area contributed by atoms with Crippen LogP contribution in [0, 0.1) is 0 Å². The van der Waals surface area contributed by atoms with E-state index < -0.39 is 0 Å². The molecule has 0 aliphatic rings. The summed E-state index contributed by atoms with van der Waals surface area (Å²) < 4.78 is 11.3. The van der Waals surface area contributed by atoms with Gasteiger partial charge in [0.05, 0.1) is 6.61 Å². The van der Waals surface area contributed by atoms with Gasteiger partial charge in [-0.15, -0.1) is 0 Å². The molecule has 0 bridgehead atoms. The Morgan fingerprint density at radius 1 is 1.29 bits per heavy atom. The lowest BCUT2D eigenvalue weighted by molar-refractivity contribution is 0.300. The molecule has 6 heteroatoms. The third-order valence-corrected chi connectivity index (χ3v) is 2.66. The highest BCUT2D eigenvalue weighted by atomic mass is 16.5. The van der Waals surface area contributed by atoms with Crippen LogP contribution >= 0.6 is 0 Å². The molecule has 0 atom stereocenters. The van der Waals surface area contributed by atoms with Crippen molar-refractivity contribution in [2.75, 3.05) is 6.61 Å². The Kier molecular flexibility index (Phi) is 4.98. The van der Waals surface area contributed by atoms with Gasteiger partial charge in [-0.1, -0.05) is 24.2 Å². The molecule has 1 aromatic carbocycles. The average molecular weight is 287 g/mol. The van der Waals surface area contributed by atoms with Crippen LogP contribution in [-0.4, -0.2) is 22.6 Å². The van der Waals surface area contributed by atoms with Crippen molar-refractivity contribution in [3.05, 3.63) is 48.2 Å². The van der Waals surface area contributed by atoms with E-state index in [0.29, 0.717) is 29.5 Å². The maximum absolute atomic E-state index is 8.69. The number of nitrogens with zero attached hydrogens (tertiary/aromatic N) is 2. The van der Waals surface area contributed by atoms with Crippen LogP contribution < -0.4 is 15.2 Å². The first-order valence-electron chi connectivity index (χ1n) is 6.58. The van der Waals surface area contributed by atoms with Crippen LogP contribution in [0.1, 0.15) is 18.9 Å². The highest BCUT2D eigenvalue weighted by Gasteiger charge is 2.08. The Morgan fingerprint density at radius 3 is 2.76 bits per heavy atom. The lowest BCUT2D eigenvalue weighted by Crippen LogP contribution is -2.13. The van der Waals surface area contributed by atoms with Gasteiger partial charge in [-0.25, -0.2) is 4.98 Å². The zero-order valence-electron chi connectivity index (χ0n) is 11.7. The summed E-state index contributed by atoms with van der Waals surface area (Å²) in [6.45, 7) is 2.64. The molecule has 0 unspecified atom stereocenters. The van der Waals surface area contributed by atoms with Crippen LogP contribution in [0.2, 0.25) is 0 Å². The number of nitrogens with two attached hydrogens (primary N) is 1. The van der Waals surface area contributed by atoms with E-state index in [4.69, 9.17) is 20.4 Å². The van der Waals surface area contributed by atoms with Crippen LogP contribution in [0.3, 0.4) is 0 Å². The van der Waals surface area contributed by atoms with Crippen molar-refractivity contribution in [3.8, 4) is 17.4 Å². The fourth-order valence-corrected chi connectivity index (χ4v) is 1.66. The van der Waals surface area contributed by atoms with Gasteiger partial charge in [-0.2, -0.15) is 0 Å². The highest BCUT2D eigenvalue weighted by molar-refractivity contribution is 5.97. The molecule has 1 aromatic heterocycles. The topological polar surface area (TPSA) is 90.0 Å². The minimum absolute atomic E-state index is 0.00207. The van der Waals surface area contributed by atoms with E-state index in [1.807, 2.05) is 25.1 Å². The van der Waals surface area contributed by atoms with Gasteiger partial charge in [0.2, 0.25) is 5.88 Å². The molecule has 0 aliphatic heterocycles. The average Bonchev–Trinajstić information content (AvgIpc) is 2.53. The zero-order valence-corrected chi connectivity index (χ0v) is 11.7. The third kappa shape index (κ3) is 3.85. The van der Waals surface area contributed by atoms with E-state index >= 15 is 0 Å². The molecule has 0 amide bonds. The van der Waals surface area contributed by atoms with Gasteiger partial charge in [0.25, 0.3) is 0 Å². The van der Waals surface area contributed by atoms with Gasteiger partial charge < -0.3 is 20.4 Å². The van der Waals surface area contributed by atoms with Crippen LogP contribution in [-0.2, 0) is 0 Å². The second-order valence-corrected chi connectivity index (χ2v) is 4.27. The first-order chi connectivity index (χ1) is 10.2. The summed E-state index contributed by atoms with van der Waals surface area (Å²) in [6, 6.07) is 10.6. The zero-order chi connectivity index (χ0) is 15.1. The molecule has 110 valence electrons. The van der Waals surface area contributed by atoms with E-state index in [2.05, 4.69) is 10.1 Å². The lowest BCUT2D eigenvalue weighted by Gasteiger charge is -2.11. The number of rotatable bonds is 6. The van der Waals surface area contributed by atoms with E-state index in [9.17, 15) is 0 Å². The number of hydrogen-bond donors (Lipinski definition) is 2. The minimum atomic E-state index is -0.00207. The van der Waals surface area contributed by atoms with E-state index in [0.717, 1.165) is 6.42 Å². The Bertz CT molecular complexity index is 629. The maximum atomic E-state index is 8.69. The van der Waals surface area contributed by atoms with Crippen molar-refractivity contribution in [2.24, 2.45) is 10.9 Å². The Morgan fingerprint density at radius 2 is 2.05 bits per heavy atom. The summed E-state index contributed by atoms with van der Waals surface area (Å²) in [6.07, 6.45) is 2.43. The molecule has 0 saturated carbocycles. The fourth-order valence-electron chi connectivity index (χ4n) is 1.66. The Hall–Kier alpha value is -2.76. The van der Waals surface area contributed by atoms with Crippen molar-refractivity contribution in [1.29, 1.82) is 0 Å². The second-order valence-electron chi connectivity index (χ2n) is 4.27. The summed E-state index contributed by atoms with van der Waals surface area (Å²) in [5, 5.41) is 11.6.